The fourth-order valence-corrected chi connectivity index (χ4v) is 3.82. The molecule has 0 aliphatic rings. The molecular weight excluding hydrogens is 380 g/mol. The van der Waals surface area contributed by atoms with Gasteiger partial charge < -0.3 is 5.32 Å². The lowest BCUT2D eigenvalue weighted by atomic mass is 10.2. The Morgan fingerprint density at radius 2 is 1.80 bits per heavy atom. The second-order valence-electron chi connectivity index (χ2n) is 5.32. The Bertz CT molecular complexity index is 841. The van der Waals surface area contributed by atoms with Crippen molar-refractivity contribution in [1.82, 2.24) is 5.32 Å². The number of anilines is 1. The number of carbonyl (C=O) groups excluding carboxylic acids is 1. The van der Waals surface area contributed by atoms with E-state index in [-0.39, 0.29) is 11.6 Å². The molecule has 0 bridgehead atoms. The quantitative estimate of drug-likeness (QED) is 0.668. The summed E-state index contributed by atoms with van der Waals surface area (Å²) in [6.45, 7) is 0.473. The van der Waals surface area contributed by atoms with E-state index in [0.717, 1.165) is 28.3 Å². The molecule has 5 nitrogen and oxygen atoms in total. The first-order valence-corrected chi connectivity index (χ1v) is 11.0. The Kier molecular flexibility index (Phi) is 7.16. The van der Waals surface area contributed by atoms with E-state index < -0.39 is 10.0 Å². The molecule has 0 saturated heterocycles. The zero-order chi connectivity index (χ0) is 18.3. The Balaban J connectivity index is 1.84. The van der Waals surface area contributed by atoms with Crippen molar-refractivity contribution in [2.45, 2.75) is 5.75 Å². The summed E-state index contributed by atoms with van der Waals surface area (Å²) in [6, 6.07) is 14.2. The molecule has 2 aromatic rings. The summed E-state index contributed by atoms with van der Waals surface area (Å²) in [6.07, 6.45) is 1.05. The lowest BCUT2D eigenvalue weighted by molar-refractivity contribution is 0.0957. The molecule has 0 heterocycles. The van der Waals surface area contributed by atoms with E-state index in [1.807, 2.05) is 24.3 Å². The number of benzene rings is 2. The number of halogens is 1. The van der Waals surface area contributed by atoms with Crippen molar-refractivity contribution < 1.29 is 13.2 Å². The second-order valence-corrected chi connectivity index (χ2v) is 8.58. The standard InChI is InChI=1S/C17H19ClN2O3S2/c1-25(22,23)20-16-9-5-3-7-14(16)17(21)19-10-11-24-12-13-6-2-4-8-15(13)18/h2-9,20H,10-12H2,1H3,(H,19,21). The van der Waals surface area contributed by atoms with Gasteiger partial charge in [-0.2, -0.15) is 11.8 Å². The number of carbonyl (C=O) groups is 1. The first-order chi connectivity index (χ1) is 11.9. The van der Waals surface area contributed by atoms with E-state index in [4.69, 9.17) is 11.6 Å². The molecule has 1 amide bonds. The largest absolute Gasteiger partial charge is 0.351 e. The fraction of sp³-hybridized carbons (Fsp3) is 0.235. The van der Waals surface area contributed by atoms with Gasteiger partial charge in [-0.3, -0.25) is 9.52 Å². The molecule has 0 atom stereocenters. The minimum atomic E-state index is -3.44. The van der Waals surface area contributed by atoms with Crippen molar-refractivity contribution in [3.8, 4) is 0 Å². The summed E-state index contributed by atoms with van der Waals surface area (Å²) in [5, 5.41) is 3.53. The summed E-state index contributed by atoms with van der Waals surface area (Å²) < 4.78 is 25.1. The summed E-state index contributed by atoms with van der Waals surface area (Å²) in [4.78, 5) is 12.3. The predicted molar refractivity (Wildman–Crippen MR) is 105 cm³/mol. The molecule has 0 unspecified atom stereocenters. The number of thioether (sulfide) groups is 1. The van der Waals surface area contributed by atoms with Crippen LogP contribution in [0.1, 0.15) is 15.9 Å². The van der Waals surface area contributed by atoms with Crippen LogP contribution in [0.3, 0.4) is 0 Å². The van der Waals surface area contributed by atoms with Crippen LogP contribution in [0.15, 0.2) is 48.5 Å². The average Bonchev–Trinajstić information content (AvgIpc) is 2.55. The highest BCUT2D eigenvalue weighted by Crippen LogP contribution is 2.20. The Morgan fingerprint density at radius 3 is 2.52 bits per heavy atom. The number of amides is 1. The number of para-hydroxylation sites is 1. The molecule has 0 saturated carbocycles. The molecular formula is C17H19ClN2O3S2. The number of hydrogen-bond donors (Lipinski definition) is 2. The third-order valence-electron chi connectivity index (χ3n) is 3.21. The maximum atomic E-state index is 12.3. The maximum absolute atomic E-state index is 12.3. The molecule has 0 fully saturated rings. The van der Waals surface area contributed by atoms with Crippen molar-refractivity contribution in [3.63, 3.8) is 0 Å². The summed E-state index contributed by atoms with van der Waals surface area (Å²) in [5.41, 5.74) is 1.62. The van der Waals surface area contributed by atoms with Gasteiger partial charge in [0.25, 0.3) is 5.91 Å². The number of sulfonamides is 1. The zero-order valence-corrected chi connectivity index (χ0v) is 16.0. The molecule has 0 radical (unpaired) electrons. The van der Waals surface area contributed by atoms with E-state index in [1.165, 1.54) is 0 Å². The molecule has 2 rings (SSSR count). The molecule has 0 aromatic heterocycles. The van der Waals surface area contributed by atoms with Gasteiger partial charge in [-0.25, -0.2) is 8.42 Å². The second kappa shape index (κ2) is 9.12. The Labute approximate surface area is 157 Å². The van der Waals surface area contributed by atoms with Gasteiger partial charge in [0.2, 0.25) is 10.0 Å². The molecule has 0 spiro atoms. The minimum absolute atomic E-state index is 0.270. The monoisotopic (exact) mass is 398 g/mol. The van der Waals surface area contributed by atoms with E-state index in [0.29, 0.717) is 12.1 Å². The van der Waals surface area contributed by atoms with Crippen LogP contribution in [0.2, 0.25) is 5.02 Å². The van der Waals surface area contributed by atoms with Gasteiger partial charge in [0.15, 0.2) is 0 Å². The number of rotatable bonds is 8. The van der Waals surface area contributed by atoms with Crippen LogP contribution < -0.4 is 10.0 Å². The van der Waals surface area contributed by atoms with Crippen LogP contribution in [0.5, 0.6) is 0 Å². The smallest absolute Gasteiger partial charge is 0.253 e. The Hall–Kier alpha value is -1.70. The van der Waals surface area contributed by atoms with Gasteiger partial charge in [0.1, 0.15) is 0 Å². The molecule has 0 aliphatic carbocycles. The third-order valence-corrected chi connectivity index (χ3v) is 5.18. The van der Waals surface area contributed by atoms with Gasteiger partial charge >= 0.3 is 0 Å². The maximum Gasteiger partial charge on any atom is 0.253 e. The van der Waals surface area contributed by atoms with Crippen molar-refractivity contribution in [1.29, 1.82) is 0 Å². The van der Waals surface area contributed by atoms with Crippen molar-refractivity contribution in [3.05, 3.63) is 64.7 Å². The van der Waals surface area contributed by atoms with Crippen LogP contribution >= 0.6 is 23.4 Å². The predicted octanol–water partition coefficient (Wildman–Crippen LogP) is 3.37. The van der Waals surface area contributed by atoms with E-state index in [1.54, 1.807) is 36.0 Å². The fourth-order valence-electron chi connectivity index (χ4n) is 2.10. The molecule has 2 N–H and O–H groups in total. The van der Waals surface area contributed by atoms with Gasteiger partial charge in [0.05, 0.1) is 17.5 Å². The lowest BCUT2D eigenvalue weighted by Crippen LogP contribution is -2.27. The van der Waals surface area contributed by atoms with Crippen LogP contribution in [-0.4, -0.2) is 32.9 Å². The van der Waals surface area contributed by atoms with Gasteiger partial charge in [0, 0.05) is 23.1 Å². The third kappa shape index (κ3) is 6.61. The first-order valence-electron chi connectivity index (χ1n) is 7.53. The summed E-state index contributed by atoms with van der Waals surface area (Å²) in [7, 11) is -3.44. The van der Waals surface area contributed by atoms with Gasteiger partial charge in [-0.15, -0.1) is 0 Å². The van der Waals surface area contributed by atoms with E-state index >= 15 is 0 Å². The van der Waals surface area contributed by atoms with E-state index in [2.05, 4.69) is 10.0 Å². The highest BCUT2D eigenvalue weighted by atomic mass is 35.5. The summed E-state index contributed by atoms with van der Waals surface area (Å²) in [5.74, 6) is 1.17. The van der Waals surface area contributed by atoms with Gasteiger partial charge in [-0.05, 0) is 23.8 Å². The molecule has 25 heavy (non-hydrogen) atoms. The van der Waals surface area contributed by atoms with Crippen LogP contribution in [0.4, 0.5) is 5.69 Å². The first kappa shape index (κ1) is 19.6. The molecule has 134 valence electrons. The van der Waals surface area contributed by atoms with Crippen LogP contribution in [-0.2, 0) is 15.8 Å². The Morgan fingerprint density at radius 1 is 1.12 bits per heavy atom. The average molecular weight is 399 g/mol. The highest BCUT2D eigenvalue weighted by molar-refractivity contribution is 7.98. The van der Waals surface area contributed by atoms with Crippen LogP contribution in [0, 0.1) is 0 Å². The lowest BCUT2D eigenvalue weighted by Gasteiger charge is -2.11. The highest BCUT2D eigenvalue weighted by Gasteiger charge is 2.13. The van der Waals surface area contributed by atoms with Crippen molar-refractivity contribution >= 4 is 45.0 Å². The SMILES string of the molecule is CS(=O)(=O)Nc1ccccc1C(=O)NCCSCc1ccccc1Cl. The summed E-state index contributed by atoms with van der Waals surface area (Å²) >= 11 is 7.76. The van der Waals surface area contributed by atoms with E-state index in [9.17, 15) is 13.2 Å². The van der Waals surface area contributed by atoms with Gasteiger partial charge in [-0.1, -0.05) is 41.9 Å². The zero-order valence-electron chi connectivity index (χ0n) is 13.7. The number of nitrogens with one attached hydrogen (secondary N) is 2. The molecule has 8 heteroatoms. The number of hydrogen-bond acceptors (Lipinski definition) is 4. The normalized spacial score (nSPS) is 11.1. The molecule has 0 aliphatic heterocycles. The minimum Gasteiger partial charge on any atom is -0.351 e. The molecule has 2 aromatic carbocycles. The van der Waals surface area contributed by atoms with Crippen molar-refractivity contribution in [2.75, 3.05) is 23.3 Å². The van der Waals surface area contributed by atoms with Crippen molar-refractivity contribution in [2.24, 2.45) is 0 Å². The topological polar surface area (TPSA) is 75.3 Å². The van der Waals surface area contributed by atoms with Crippen LogP contribution in [0.25, 0.3) is 0 Å².